The van der Waals surface area contributed by atoms with Crippen molar-refractivity contribution < 1.29 is 19.1 Å². The van der Waals surface area contributed by atoms with Crippen LogP contribution in [-0.4, -0.2) is 23.6 Å². The molecule has 0 aromatic rings. The van der Waals surface area contributed by atoms with Crippen LogP contribution >= 0.6 is 0 Å². The SMILES string of the molecule is C=CC(=O)OC(C)CC(C)C(=O)OC1(CC(C)C)C2CC3CC1CC(C)(C3)C2. The Balaban J connectivity index is 1.72. The summed E-state index contributed by atoms with van der Waals surface area (Å²) in [6.45, 7) is 14.1. The van der Waals surface area contributed by atoms with E-state index in [0.29, 0.717) is 29.6 Å². The average molecular weight is 391 g/mol. The minimum Gasteiger partial charge on any atom is -0.460 e. The zero-order chi connectivity index (χ0) is 20.7. The van der Waals surface area contributed by atoms with Gasteiger partial charge >= 0.3 is 11.9 Å². The molecule has 0 N–H and O–H groups in total. The smallest absolute Gasteiger partial charge is 0.330 e. The summed E-state index contributed by atoms with van der Waals surface area (Å²) < 4.78 is 11.7. The zero-order valence-electron chi connectivity index (χ0n) is 18.3. The molecular formula is C24H38O4. The molecule has 0 heterocycles. The molecule has 4 nitrogen and oxygen atoms in total. The van der Waals surface area contributed by atoms with Crippen LogP contribution in [-0.2, 0) is 19.1 Å². The molecule has 0 amide bonds. The summed E-state index contributed by atoms with van der Waals surface area (Å²) in [5.74, 6) is 1.46. The number of hydrogen-bond acceptors (Lipinski definition) is 4. The van der Waals surface area contributed by atoms with E-state index in [1.807, 2.05) is 13.8 Å². The lowest BCUT2D eigenvalue weighted by molar-refractivity contribution is -0.231. The third kappa shape index (κ3) is 4.16. The largest absolute Gasteiger partial charge is 0.460 e. The molecule has 0 aromatic heterocycles. The van der Waals surface area contributed by atoms with Crippen molar-refractivity contribution in [2.45, 2.75) is 91.3 Å². The van der Waals surface area contributed by atoms with Crippen LogP contribution < -0.4 is 0 Å². The summed E-state index contributed by atoms with van der Waals surface area (Å²) in [5, 5.41) is 0. The van der Waals surface area contributed by atoms with Crippen molar-refractivity contribution in [3.05, 3.63) is 12.7 Å². The molecule has 0 aromatic carbocycles. The first kappa shape index (κ1) is 21.4. The normalized spacial score (nSPS) is 38.1. The van der Waals surface area contributed by atoms with Crippen LogP contribution in [0.25, 0.3) is 0 Å². The number of rotatable bonds is 8. The molecule has 4 unspecified atom stereocenters. The number of hydrogen-bond donors (Lipinski definition) is 0. The fraction of sp³-hybridized carbons (Fsp3) is 0.833. The molecule has 0 aliphatic heterocycles. The Kier molecular flexibility index (Phi) is 5.99. The molecular weight excluding hydrogens is 352 g/mol. The third-order valence-electron chi connectivity index (χ3n) is 7.47. The lowest BCUT2D eigenvalue weighted by Crippen LogP contribution is -2.62. The van der Waals surface area contributed by atoms with Crippen LogP contribution in [0.4, 0.5) is 0 Å². The maximum Gasteiger partial charge on any atom is 0.330 e. The lowest BCUT2D eigenvalue weighted by atomic mass is 9.44. The second kappa shape index (κ2) is 7.84. The second-order valence-corrected chi connectivity index (χ2v) is 10.7. The molecule has 158 valence electrons. The third-order valence-corrected chi connectivity index (χ3v) is 7.47. The molecule has 4 bridgehead atoms. The fourth-order valence-electron chi connectivity index (χ4n) is 6.81. The van der Waals surface area contributed by atoms with Gasteiger partial charge in [0.15, 0.2) is 0 Å². The van der Waals surface area contributed by atoms with Gasteiger partial charge in [0.2, 0.25) is 0 Å². The number of carbonyl (C=O) groups is 2. The number of ether oxygens (including phenoxy) is 2. The highest BCUT2D eigenvalue weighted by atomic mass is 16.6. The summed E-state index contributed by atoms with van der Waals surface area (Å²) >= 11 is 0. The fourth-order valence-corrected chi connectivity index (χ4v) is 6.81. The van der Waals surface area contributed by atoms with Crippen LogP contribution in [0.15, 0.2) is 12.7 Å². The van der Waals surface area contributed by atoms with E-state index in [-0.39, 0.29) is 23.6 Å². The molecule has 0 saturated heterocycles. The van der Waals surface area contributed by atoms with E-state index in [0.717, 1.165) is 18.4 Å². The summed E-state index contributed by atoms with van der Waals surface area (Å²) in [5.41, 5.74) is 0.152. The number of carbonyl (C=O) groups excluding carboxylic acids is 2. The van der Waals surface area contributed by atoms with Gasteiger partial charge in [0.25, 0.3) is 0 Å². The highest BCUT2D eigenvalue weighted by molar-refractivity contribution is 5.81. The van der Waals surface area contributed by atoms with Gasteiger partial charge in [-0.25, -0.2) is 4.79 Å². The van der Waals surface area contributed by atoms with Crippen molar-refractivity contribution in [1.29, 1.82) is 0 Å². The molecule has 4 heteroatoms. The van der Waals surface area contributed by atoms with Gasteiger partial charge in [-0.3, -0.25) is 4.79 Å². The van der Waals surface area contributed by atoms with Crippen molar-refractivity contribution in [3.63, 3.8) is 0 Å². The highest BCUT2D eigenvalue weighted by Crippen LogP contribution is 2.65. The molecule has 4 aliphatic carbocycles. The van der Waals surface area contributed by atoms with Crippen molar-refractivity contribution >= 4 is 11.9 Å². The van der Waals surface area contributed by atoms with Gasteiger partial charge in [-0.2, -0.15) is 0 Å². The maximum atomic E-state index is 13.1. The Morgan fingerprint density at radius 3 is 2.21 bits per heavy atom. The predicted octanol–water partition coefficient (Wildman–Crippen LogP) is 5.30. The van der Waals surface area contributed by atoms with Gasteiger partial charge in [-0.05, 0) is 81.0 Å². The Bertz CT molecular complexity index is 606. The van der Waals surface area contributed by atoms with Gasteiger partial charge in [0.05, 0.1) is 5.92 Å². The van der Waals surface area contributed by atoms with Crippen molar-refractivity contribution in [2.24, 2.45) is 35.0 Å². The summed E-state index contributed by atoms with van der Waals surface area (Å²) in [6, 6.07) is 0. The van der Waals surface area contributed by atoms with Crippen LogP contribution in [0.1, 0.15) is 79.6 Å². The van der Waals surface area contributed by atoms with Crippen LogP contribution in [0, 0.1) is 35.0 Å². The molecule has 4 saturated carbocycles. The second-order valence-electron chi connectivity index (χ2n) is 10.7. The highest BCUT2D eigenvalue weighted by Gasteiger charge is 2.62. The molecule has 28 heavy (non-hydrogen) atoms. The Morgan fingerprint density at radius 1 is 1.11 bits per heavy atom. The van der Waals surface area contributed by atoms with E-state index in [9.17, 15) is 9.59 Å². The number of esters is 2. The molecule has 0 radical (unpaired) electrons. The molecule has 0 spiro atoms. The zero-order valence-corrected chi connectivity index (χ0v) is 18.3. The van der Waals surface area contributed by atoms with E-state index in [1.165, 1.54) is 32.1 Å². The molecule has 4 aliphatic rings. The van der Waals surface area contributed by atoms with E-state index >= 15 is 0 Å². The van der Waals surface area contributed by atoms with Crippen molar-refractivity contribution in [1.82, 2.24) is 0 Å². The van der Waals surface area contributed by atoms with Gasteiger partial charge in [-0.15, -0.1) is 0 Å². The van der Waals surface area contributed by atoms with Gasteiger partial charge in [0.1, 0.15) is 11.7 Å². The quantitative estimate of drug-likeness (QED) is 0.416. The molecule has 4 fully saturated rings. The van der Waals surface area contributed by atoms with Gasteiger partial charge in [0, 0.05) is 6.08 Å². The van der Waals surface area contributed by atoms with E-state index in [4.69, 9.17) is 9.47 Å². The van der Waals surface area contributed by atoms with Crippen LogP contribution in [0.5, 0.6) is 0 Å². The summed E-state index contributed by atoms with van der Waals surface area (Å²) in [4.78, 5) is 24.5. The first-order chi connectivity index (χ1) is 13.1. The van der Waals surface area contributed by atoms with E-state index in [2.05, 4.69) is 27.4 Å². The topological polar surface area (TPSA) is 52.6 Å². The lowest BCUT2D eigenvalue weighted by Gasteiger charge is -2.64. The summed E-state index contributed by atoms with van der Waals surface area (Å²) in [6.07, 6.45) is 8.45. The van der Waals surface area contributed by atoms with Crippen molar-refractivity contribution in [3.8, 4) is 0 Å². The van der Waals surface area contributed by atoms with Gasteiger partial charge in [-0.1, -0.05) is 34.3 Å². The van der Waals surface area contributed by atoms with Crippen LogP contribution in [0.2, 0.25) is 0 Å². The maximum absolute atomic E-state index is 13.1. The first-order valence-electron chi connectivity index (χ1n) is 11.1. The predicted molar refractivity (Wildman–Crippen MR) is 109 cm³/mol. The molecule has 4 rings (SSSR count). The van der Waals surface area contributed by atoms with Crippen molar-refractivity contribution in [2.75, 3.05) is 0 Å². The average Bonchev–Trinajstić information content (AvgIpc) is 2.57. The Labute approximate surface area is 170 Å². The monoisotopic (exact) mass is 390 g/mol. The molecule has 4 atom stereocenters. The minimum atomic E-state index is -0.446. The van der Waals surface area contributed by atoms with E-state index < -0.39 is 5.97 Å². The van der Waals surface area contributed by atoms with Crippen LogP contribution in [0.3, 0.4) is 0 Å². The van der Waals surface area contributed by atoms with E-state index in [1.54, 1.807) is 0 Å². The van der Waals surface area contributed by atoms with Gasteiger partial charge < -0.3 is 9.47 Å². The standard InChI is InChI=1S/C24H38O4/c1-7-21(25)27-17(5)8-16(4)22(26)28-24(11-15(2)3)19-9-18-10-20(24)14-23(6,12-18)13-19/h7,15-20H,1,8-14H2,2-6H3. The minimum absolute atomic E-state index is 0.125. The summed E-state index contributed by atoms with van der Waals surface area (Å²) in [7, 11) is 0. The Morgan fingerprint density at radius 2 is 1.71 bits per heavy atom. The Hall–Kier alpha value is -1.32. The first-order valence-corrected chi connectivity index (χ1v) is 11.1.